The number of nitrogens with zero attached hydrogens (tertiary/aromatic N) is 1. The van der Waals surface area contributed by atoms with Gasteiger partial charge in [-0.15, -0.1) is 0 Å². The van der Waals surface area contributed by atoms with Crippen molar-refractivity contribution in [3.63, 3.8) is 0 Å². The van der Waals surface area contributed by atoms with Gasteiger partial charge in [0.25, 0.3) is 0 Å². The average molecular weight is 435 g/mol. The summed E-state index contributed by atoms with van der Waals surface area (Å²) < 4.78 is 54.0. The van der Waals surface area contributed by atoms with E-state index in [2.05, 4.69) is 5.32 Å². The number of alkyl carbamates (subject to hydrolysis) is 1. The zero-order valence-electron chi connectivity index (χ0n) is 15.1. The van der Waals surface area contributed by atoms with Crippen molar-refractivity contribution in [3.8, 4) is 0 Å². The predicted octanol–water partition coefficient (Wildman–Crippen LogP) is 3.34. The Kier molecular flexibility index (Phi) is 5.02. The van der Waals surface area contributed by atoms with Crippen LogP contribution in [0.2, 0.25) is 5.02 Å². The van der Waals surface area contributed by atoms with Gasteiger partial charge in [-0.1, -0.05) is 17.7 Å². The van der Waals surface area contributed by atoms with Gasteiger partial charge in [-0.3, -0.25) is 0 Å². The zero-order chi connectivity index (χ0) is 20.8. The topological polar surface area (TPSA) is 77.1 Å². The third-order valence-electron chi connectivity index (χ3n) is 5.24. The zero-order valence-corrected chi connectivity index (χ0v) is 15.9. The lowest BCUT2D eigenvalue weighted by Gasteiger charge is -2.46. The third-order valence-corrected chi connectivity index (χ3v) is 5.55. The van der Waals surface area contributed by atoms with E-state index < -0.39 is 29.5 Å². The van der Waals surface area contributed by atoms with Crippen LogP contribution in [0.4, 0.5) is 22.8 Å². The number of ether oxygens (including phenoxy) is 3. The molecule has 0 bridgehead atoms. The first-order valence-electron chi connectivity index (χ1n) is 9.01. The number of alkyl halides is 3. The van der Waals surface area contributed by atoms with Gasteiger partial charge in [0.2, 0.25) is 0 Å². The molecular weight excluding hydrogens is 417 g/mol. The number of benzene rings is 1. The summed E-state index contributed by atoms with van der Waals surface area (Å²) in [6.07, 6.45) is -4.80. The highest BCUT2D eigenvalue weighted by Gasteiger charge is 2.52. The molecule has 1 aliphatic carbocycles. The van der Waals surface area contributed by atoms with Gasteiger partial charge in [0, 0.05) is 12.8 Å². The second-order valence-corrected chi connectivity index (χ2v) is 7.97. The molecule has 1 aromatic rings. The fraction of sp³-hybridized carbons (Fsp3) is 0.556. The molecule has 3 fully saturated rings. The number of halogens is 4. The van der Waals surface area contributed by atoms with Gasteiger partial charge >= 0.3 is 18.4 Å². The van der Waals surface area contributed by atoms with Gasteiger partial charge in [-0.2, -0.15) is 13.2 Å². The number of amides is 2. The third kappa shape index (κ3) is 4.23. The molecule has 0 aromatic heterocycles. The lowest BCUT2D eigenvalue weighted by Crippen LogP contribution is -2.70. The molecule has 2 heterocycles. The van der Waals surface area contributed by atoms with E-state index in [9.17, 15) is 22.8 Å². The first kappa shape index (κ1) is 20.1. The highest BCUT2D eigenvalue weighted by molar-refractivity contribution is 6.31. The molecule has 29 heavy (non-hydrogen) atoms. The molecule has 4 rings (SSSR count). The summed E-state index contributed by atoms with van der Waals surface area (Å²) in [4.78, 5) is 24.7. The number of nitrogens with one attached hydrogen (secondary N) is 1. The number of hydrogen-bond acceptors (Lipinski definition) is 5. The first-order chi connectivity index (χ1) is 13.6. The van der Waals surface area contributed by atoms with E-state index in [-0.39, 0.29) is 30.4 Å². The van der Waals surface area contributed by atoms with Crippen LogP contribution < -0.4 is 5.32 Å². The van der Waals surface area contributed by atoms with Crippen LogP contribution in [0.15, 0.2) is 18.2 Å². The highest BCUT2D eigenvalue weighted by Crippen LogP contribution is 2.35. The summed E-state index contributed by atoms with van der Waals surface area (Å²) in [7, 11) is 0. The van der Waals surface area contributed by atoms with Crippen LogP contribution in [0.5, 0.6) is 0 Å². The lowest BCUT2D eigenvalue weighted by atomic mass is 9.91. The van der Waals surface area contributed by atoms with Crippen LogP contribution in [-0.2, 0) is 27.0 Å². The van der Waals surface area contributed by atoms with Crippen molar-refractivity contribution >= 4 is 23.8 Å². The Hall–Kier alpha value is -2.20. The Morgan fingerprint density at radius 3 is 2.62 bits per heavy atom. The molecule has 3 aliphatic rings. The van der Waals surface area contributed by atoms with Crippen LogP contribution in [0.1, 0.15) is 24.0 Å². The highest BCUT2D eigenvalue weighted by atomic mass is 35.5. The second kappa shape index (κ2) is 7.24. The SMILES string of the molecule is O=C1NC2(CO1)CN(C(=O)O[C@H]1C[C@@H](OCc3ccc(C(F)(F)F)c(Cl)c3)C1)C2. The fourth-order valence-corrected chi connectivity index (χ4v) is 3.85. The Labute approximate surface area is 169 Å². The standard InChI is InChI=1S/C18H18ClF3N2O5/c19-14-3-10(1-2-13(14)18(20,21)22)6-27-11-4-12(5-11)29-16(26)24-7-17(8-24)9-28-15(25)23-17/h1-3,11-12H,4-9H2,(H,23,25)/t11-,12+. The quantitative estimate of drug-likeness (QED) is 0.786. The summed E-state index contributed by atoms with van der Waals surface area (Å²) >= 11 is 5.69. The molecule has 0 atom stereocenters. The van der Waals surface area contributed by atoms with Gasteiger partial charge in [0.05, 0.1) is 36.4 Å². The molecule has 11 heteroatoms. The smallest absolute Gasteiger partial charge is 0.417 e. The molecule has 7 nitrogen and oxygen atoms in total. The summed E-state index contributed by atoms with van der Waals surface area (Å²) in [5, 5.41) is 2.32. The predicted molar refractivity (Wildman–Crippen MR) is 93.3 cm³/mol. The molecule has 2 saturated heterocycles. The number of likely N-dealkylation sites (tertiary alicyclic amines) is 1. The summed E-state index contributed by atoms with van der Waals surface area (Å²) in [5.41, 5.74) is -0.838. The van der Waals surface area contributed by atoms with E-state index >= 15 is 0 Å². The Morgan fingerprint density at radius 2 is 2.03 bits per heavy atom. The number of carbonyl (C=O) groups is 2. The minimum atomic E-state index is -4.49. The van der Waals surface area contributed by atoms with E-state index in [4.69, 9.17) is 25.8 Å². The van der Waals surface area contributed by atoms with E-state index in [1.807, 2.05) is 0 Å². The minimum absolute atomic E-state index is 0.123. The number of rotatable bonds is 4. The van der Waals surface area contributed by atoms with E-state index in [0.717, 1.165) is 6.07 Å². The number of cyclic esters (lactones) is 1. The molecule has 0 radical (unpaired) electrons. The lowest BCUT2D eigenvalue weighted by molar-refractivity contribution is -0.137. The van der Waals surface area contributed by atoms with Gasteiger partial charge in [-0.05, 0) is 17.7 Å². The van der Waals surface area contributed by atoms with Crippen molar-refractivity contribution in [1.82, 2.24) is 10.2 Å². The molecule has 2 aliphatic heterocycles. The average Bonchev–Trinajstić information content (AvgIpc) is 2.96. The summed E-state index contributed by atoms with van der Waals surface area (Å²) in [6, 6.07) is 3.51. The van der Waals surface area contributed by atoms with Crippen molar-refractivity contribution < 1.29 is 37.0 Å². The van der Waals surface area contributed by atoms with Crippen molar-refractivity contribution in [2.75, 3.05) is 19.7 Å². The molecule has 1 N–H and O–H groups in total. The largest absolute Gasteiger partial charge is 0.447 e. The van der Waals surface area contributed by atoms with Gasteiger partial charge in [0.15, 0.2) is 0 Å². The summed E-state index contributed by atoms with van der Waals surface area (Å²) in [6.45, 7) is 1.05. The van der Waals surface area contributed by atoms with Crippen LogP contribution in [-0.4, -0.2) is 54.5 Å². The van der Waals surface area contributed by atoms with Gasteiger partial charge in [-0.25, -0.2) is 9.59 Å². The second-order valence-electron chi connectivity index (χ2n) is 7.56. The van der Waals surface area contributed by atoms with Crippen molar-refractivity contribution in [2.45, 2.75) is 43.4 Å². The Morgan fingerprint density at radius 1 is 1.31 bits per heavy atom. The van der Waals surface area contributed by atoms with Crippen LogP contribution in [0.25, 0.3) is 0 Å². The van der Waals surface area contributed by atoms with E-state index in [1.165, 1.54) is 17.0 Å². The molecule has 1 aromatic carbocycles. The van der Waals surface area contributed by atoms with E-state index in [1.54, 1.807) is 0 Å². The molecular formula is C18H18ClF3N2O5. The van der Waals surface area contributed by atoms with Crippen LogP contribution in [0.3, 0.4) is 0 Å². The monoisotopic (exact) mass is 434 g/mol. The molecule has 1 saturated carbocycles. The Bertz CT molecular complexity index is 822. The number of carbonyl (C=O) groups excluding carboxylic acids is 2. The van der Waals surface area contributed by atoms with Gasteiger partial charge < -0.3 is 24.4 Å². The normalized spacial score (nSPS) is 25.1. The maximum Gasteiger partial charge on any atom is 0.417 e. The maximum absolute atomic E-state index is 12.7. The van der Waals surface area contributed by atoms with Gasteiger partial charge in [0.1, 0.15) is 18.2 Å². The summed E-state index contributed by atoms with van der Waals surface area (Å²) in [5.74, 6) is 0. The molecule has 1 spiro atoms. The maximum atomic E-state index is 12.7. The number of hydrogen-bond donors (Lipinski definition) is 1. The minimum Gasteiger partial charge on any atom is -0.447 e. The fourth-order valence-electron chi connectivity index (χ4n) is 3.54. The van der Waals surface area contributed by atoms with Crippen molar-refractivity contribution in [3.05, 3.63) is 34.3 Å². The Balaban J connectivity index is 1.16. The molecule has 2 amide bonds. The van der Waals surface area contributed by atoms with Crippen LogP contribution >= 0.6 is 11.6 Å². The first-order valence-corrected chi connectivity index (χ1v) is 9.39. The molecule has 0 unspecified atom stereocenters. The van der Waals surface area contributed by atoms with Crippen LogP contribution in [0, 0.1) is 0 Å². The van der Waals surface area contributed by atoms with Crippen molar-refractivity contribution in [2.24, 2.45) is 0 Å². The van der Waals surface area contributed by atoms with E-state index in [0.29, 0.717) is 31.5 Å². The molecule has 158 valence electrons. The van der Waals surface area contributed by atoms with Crippen molar-refractivity contribution in [1.29, 1.82) is 0 Å².